The Morgan fingerprint density at radius 2 is 2.25 bits per heavy atom. The lowest BCUT2D eigenvalue weighted by Gasteiger charge is -1.93. The zero-order chi connectivity index (χ0) is 8.81. The van der Waals surface area contributed by atoms with Crippen LogP contribution in [0.1, 0.15) is 16.8 Å². The van der Waals surface area contributed by atoms with Gasteiger partial charge in [-0.25, -0.2) is 0 Å². The number of pyridine rings is 1. The van der Waals surface area contributed by atoms with E-state index in [0.29, 0.717) is 5.56 Å². The number of Topliss-reactive ketones (excluding diaryl/α,β-unsaturated/α-hetero) is 1. The molecule has 1 aromatic heterocycles. The number of aromatic nitrogens is 1. The molecule has 0 unspecified atom stereocenters. The van der Waals surface area contributed by atoms with Crippen LogP contribution in [0, 0.1) is 0 Å². The fraction of sp³-hybridized carbons (Fsp3) is 0.125. The van der Waals surface area contributed by atoms with Crippen molar-refractivity contribution in [2.45, 2.75) is 6.42 Å². The topological polar surface area (TPSA) is 62.5 Å². The average molecular weight is 164 g/mol. The van der Waals surface area contributed by atoms with E-state index < -0.39 is 0 Å². The summed E-state index contributed by atoms with van der Waals surface area (Å²) in [6, 6.07) is 3.24. The molecule has 0 aliphatic carbocycles. The molecule has 0 saturated heterocycles. The van der Waals surface area contributed by atoms with E-state index in [2.05, 4.69) is 10.1 Å². The molecule has 1 aromatic rings. The highest BCUT2D eigenvalue weighted by Gasteiger charge is 2.01. The van der Waals surface area contributed by atoms with Crippen LogP contribution in [0.3, 0.4) is 0 Å². The summed E-state index contributed by atoms with van der Waals surface area (Å²) in [6.07, 6.45) is 4.36. The zero-order valence-corrected chi connectivity index (χ0v) is 6.34. The molecule has 0 aliphatic heterocycles. The maximum absolute atomic E-state index is 11.2. The van der Waals surface area contributed by atoms with Gasteiger partial charge in [0, 0.05) is 24.4 Å². The van der Waals surface area contributed by atoms with Gasteiger partial charge >= 0.3 is 0 Å². The highest BCUT2D eigenvalue weighted by atomic mass is 16.4. The summed E-state index contributed by atoms with van der Waals surface area (Å²) in [7, 11) is 0. The SMILES string of the molecule is O=C(C/C=N\O)c1ccncc1. The second-order valence-corrected chi connectivity index (χ2v) is 2.16. The fourth-order valence-electron chi connectivity index (χ4n) is 0.779. The van der Waals surface area contributed by atoms with Crippen LogP contribution in [0.25, 0.3) is 0 Å². The molecule has 0 fully saturated rings. The van der Waals surface area contributed by atoms with Crippen molar-refractivity contribution in [2.75, 3.05) is 0 Å². The molecule has 4 heteroatoms. The first-order valence-corrected chi connectivity index (χ1v) is 3.43. The molecule has 12 heavy (non-hydrogen) atoms. The van der Waals surface area contributed by atoms with Gasteiger partial charge in [0.15, 0.2) is 5.78 Å². The van der Waals surface area contributed by atoms with E-state index >= 15 is 0 Å². The van der Waals surface area contributed by atoms with E-state index in [-0.39, 0.29) is 12.2 Å². The number of carbonyl (C=O) groups is 1. The van der Waals surface area contributed by atoms with E-state index in [4.69, 9.17) is 5.21 Å². The van der Waals surface area contributed by atoms with E-state index in [1.165, 1.54) is 0 Å². The van der Waals surface area contributed by atoms with Crippen LogP contribution < -0.4 is 0 Å². The van der Waals surface area contributed by atoms with Crippen molar-refractivity contribution >= 4 is 12.0 Å². The molecule has 1 rings (SSSR count). The fourth-order valence-corrected chi connectivity index (χ4v) is 0.779. The highest BCUT2D eigenvalue weighted by Crippen LogP contribution is 1.99. The van der Waals surface area contributed by atoms with Gasteiger partial charge in [-0.15, -0.1) is 5.16 Å². The van der Waals surface area contributed by atoms with Crippen molar-refractivity contribution in [1.82, 2.24) is 4.98 Å². The maximum atomic E-state index is 11.2. The van der Waals surface area contributed by atoms with Gasteiger partial charge in [-0.1, -0.05) is 0 Å². The molecule has 0 bridgehead atoms. The first-order chi connectivity index (χ1) is 5.84. The van der Waals surface area contributed by atoms with Crippen LogP contribution in [-0.4, -0.2) is 22.2 Å². The van der Waals surface area contributed by atoms with Gasteiger partial charge in [0.25, 0.3) is 0 Å². The molecule has 0 radical (unpaired) electrons. The Hall–Kier alpha value is -1.71. The van der Waals surface area contributed by atoms with Crippen LogP contribution in [0.5, 0.6) is 0 Å². The lowest BCUT2D eigenvalue weighted by molar-refractivity contribution is 0.100. The minimum atomic E-state index is -0.0878. The summed E-state index contributed by atoms with van der Waals surface area (Å²) in [5.41, 5.74) is 0.574. The third-order valence-corrected chi connectivity index (χ3v) is 1.36. The Kier molecular flexibility index (Phi) is 2.95. The first-order valence-electron chi connectivity index (χ1n) is 3.43. The van der Waals surface area contributed by atoms with Crippen LogP contribution >= 0.6 is 0 Å². The normalized spacial score (nSPS) is 10.3. The summed E-state index contributed by atoms with van der Waals surface area (Å²) < 4.78 is 0. The van der Waals surface area contributed by atoms with Crippen molar-refractivity contribution < 1.29 is 10.0 Å². The van der Waals surface area contributed by atoms with E-state index in [1.54, 1.807) is 24.5 Å². The van der Waals surface area contributed by atoms with Crippen molar-refractivity contribution in [3.05, 3.63) is 30.1 Å². The third-order valence-electron chi connectivity index (χ3n) is 1.36. The van der Waals surface area contributed by atoms with Crippen LogP contribution in [0.2, 0.25) is 0 Å². The highest BCUT2D eigenvalue weighted by molar-refractivity contribution is 6.03. The lowest BCUT2D eigenvalue weighted by Crippen LogP contribution is -1.99. The second-order valence-electron chi connectivity index (χ2n) is 2.16. The number of nitrogens with zero attached hydrogens (tertiary/aromatic N) is 2. The summed E-state index contributed by atoms with van der Waals surface area (Å²) in [6.45, 7) is 0. The Bertz CT molecular complexity index is 282. The van der Waals surface area contributed by atoms with Gasteiger partial charge in [0.1, 0.15) is 0 Å². The third kappa shape index (κ3) is 2.16. The van der Waals surface area contributed by atoms with Gasteiger partial charge in [0.05, 0.1) is 6.21 Å². The number of hydrogen-bond donors (Lipinski definition) is 1. The van der Waals surface area contributed by atoms with Gasteiger partial charge in [-0.3, -0.25) is 9.78 Å². The quantitative estimate of drug-likeness (QED) is 0.315. The van der Waals surface area contributed by atoms with Crippen LogP contribution in [-0.2, 0) is 0 Å². The number of hydrogen-bond acceptors (Lipinski definition) is 4. The minimum absolute atomic E-state index is 0.0878. The largest absolute Gasteiger partial charge is 0.411 e. The van der Waals surface area contributed by atoms with Crippen molar-refractivity contribution in [1.29, 1.82) is 0 Å². The Morgan fingerprint density at radius 1 is 1.58 bits per heavy atom. The number of oxime groups is 1. The average Bonchev–Trinajstić information content (AvgIpc) is 2.15. The molecular formula is C8H8N2O2. The van der Waals surface area contributed by atoms with E-state index in [9.17, 15) is 4.79 Å². The number of ketones is 1. The van der Waals surface area contributed by atoms with E-state index in [1.807, 2.05) is 0 Å². The van der Waals surface area contributed by atoms with Crippen LogP contribution in [0.4, 0.5) is 0 Å². The van der Waals surface area contributed by atoms with Crippen LogP contribution in [0.15, 0.2) is 29.7 Å². The summed E-state index contributed by atoms with van der Waals surface area (Å²) >= 11 is 0. The Balaban J connectivity index is 2.66. The van der Waals surface area contributed by atoms with Gasteiger partial charge in [-0.05, 0) is 12.1 Å². The van der Waals surface area contributed by atoms with Gasteiger partial charge < -0.3 is 5.21 Å². The molecule has 0 aliphatic rings. The molecule has 0 spiro atoms. The molecule has 0 atom stereocenters. The lowest BCUT2D eigenvalue weighted by atomic mass is 10.1. The van der Waals surface area contributed by atoms with Crippen molar-refractivity contribution in [3.63, 3.8) is 0 Å². The molecular weight excluding hydrogens is 156 g/mol. The molecule has 0 amide bonds. The Morgan fingerprint density at radius 3 is 2.83 bits per heavy atom. The summed E-state index contributed by atoms with van der Waals surface area (Å²) in [5, 5.41) is 10.8. The predicted molar refractivity (Wildman–Crippen MR) is 43.5 cm³/mol. The zero-order valence-electron chi connectivity index (χ0n) is 6.34. The van der Waals surface area contributed by atoms with E-state index in [0.717, 1.165) is 6.21 Å². The molecule has 62 valence electrons. The Labute approximate surface area is 69.6 Å². The molecule has 1 heterocycles. The first kappa shape index (κ1) is 8.39. The molecule has 4 nitrogen and oxygen atoms in total. The van der Waals surface area contributed by atoms with Gasteiger partial charge in [0.2, 0.25) is 0 Å². The predicted octanol–water partition coefficient (Wildman–Crippen LogP) is 1.11. The number of carbonyl (C=O) groups excluding carboxylic acids is 1. The molecule has 0 aromatic carbocycles. The summed E-state index contributed by atoms with van der Waals surface area (Å²) in [4.78, 5) is 14.9. The number of rotatable bonds is 3. The van der Waals surface area contributed by atoms with Gasteiger partial charge in [-0.2, -0.15) is 0 Å². The molecule has 1 N–H and O–H groups in total. The smallest absolute Gasteiger partial charge is 0.168 e. The maximum Gasteiger partial charge on any atom is 0.168 e. The standard InChI is InChI=1S/C8H8N2O2/c11-8(3-6-10-12)7-1-4-9-5-2-7/h1-2,4-6,12H,3H2/b10-6-. The second kappa shape index (κ2) is 4.23. The van der Waals surface area contributed by atoms with Crippen molar-refractivity contribution in [2.24, 2.45) is 5.16 Å². The minimum Gasteiger partial charge on any atom is -0.411 e. The summed E-state index contributed by atoms with van der Waals surface area (Å²) in [5.74, 6) is -0.0878. The molecule has 0 saturated carbocycles. The van der Waals surface area contributed by atoms with Crippen molar-refractivity contribution in [3.8, 4) is 0 Å². The monoisotopic (exact) mass is 164 g/mol.